The zero-order valence-corrected chi connectivity index (χ0v) is 15.9. The van der Waals surface area contributed by atoms with Gasteiger partial charge in [-0.05, 0) is 63.5 Å². The van der Waals surface area contributed by atoms with Crippen LogP contribution in [0.25, 0.3) is 0 Å². The third-order valence-corrected chi connectivity index (χ3v) is 3.90. The fourth-order valence-corrected chi connectivity index (χ4v) is 2.76. The predicted octanol–water partition coefficient (Wildman–Crippen LogP) is 3.61. The zero-order chi connectivity index (χ0) is 14.9. The minimum atomic E-state index is 0. The number of nitrogens with zero attached hydrogens (tertiary/aromatic N) is 2. The zero-order valence-electron chi connectivity index (χ0n) is 13.6. The van der Waals surface area contributed by atoms with Crippen LogP contribution in [0.15, 0.2) is 29.3 Å². The summed E-state index contributed by atoms with van der Waals surface area (Å²) in [5, 5.41) is 3.15. The molecule has 1 saturated heterocycles. The van der Waals surface area contributed by atoms with Crippen LogP contribution in [0.3, 0.4) is 0 Å². The lowest BCUT2D eigenvalue weighted by molar-refractivity contribution is 0.283. The average molecular weight is 416 g/mol. The number of hydrogen-bond acceptors (Lipinski definition) is 2. The number of rotatable bonds is 5. The van der Waals surface area contributed by atoms with Gasteiger partial charge in [0.05, 0.1) is 0 Å². The van der Waals surface area contributed by atoms with E-state index in [9.17, 15) is 0 Å². The van der Waals surface area contributed by atoms with E-state index in [1.165, 1.54) is 44.3 Å². The molecule has 0 unspecified atom stereocenters. The van der Waals surface area contributed by atoms with Crippen molar-refractivity contribution in [2.45, 2.75) is 39.0 Å². The largest absolute Gasteiger partial charge is 0.370 e. The van der Waals surface area contributed by atoms with Crippen molar-refractivity contribution in [2.75, 3.05) is 31.5 Å². The third kappa shape index (κ3) is 7.45. The van der Waals surface area contributed by atoms with Gasteiger partial charge in [0.15, 0.2) is 5.96 Å². The molecule has 0 amide bonds. The summed E-state index contributed by atoms with van der Waals surface area (Å²) in [5.41, 5.74) is 8.15. The summed E-state index contributed by atoms with van der Waals surface area (Å²) in [6.07, 6.45) is 6.56. The Morgan fingerprint density at radius 2 is 1.95 bits per heavy atom. The molecule has 1 aromatic carbocycles. The molecule has 0 aliphatic carbocycles. The minimum absolute atomic E-state index is 0. The maximum Gasteiger partial charge on any atom is 0.193 e. The molecule has 2 rings (SSSR count). The fraction of sp³-hybridized carbons (Fsp3) is 0.588. The Morgan fingerprint density at radius 1 is 1.23 bits per heavy atom. The van der Waals surface area contributed by atoms with Crippen LogP contribution in [-0.4, -0.2) is 37.0 Å². The van der Waals surface area contributed by atoms with Crippen molar-refractivity contribution >= 4 is 35.6 Å². The van der Waals surface area contributed by atoms with Gasteiger partial charge in [0.2, 0.25) is 0 Å². The number of hydrogen-bond donors (Lipinski definition) is 2. The Labute approximate surface area is 151 Å². The minimum Gasteiger partial charge on any atom is -0.370 e. The van der Waals surface area contributed by atoms with Gasteiger partial charge in [0.25, 0.3) is 0 Å². The van der Waals surface area contributed by atoms with Gasteiger partial charge in [-0.25, -0.2) is 0 Å². The highest BCUT2D eigenvalue weighted by Crippen LogP contribution is 2.10. The standard InChI is InChI=1S/C17H28N4.HI/c1-15-8-6-9-16(14-15)20-17(18)19-10-7-13-21-11-4-2-3-5-12-21;/h6,8-9,14H,2-5,7,10-13H2,1H3,(H3,18,19,20);1H. The van der Waals surface area contributed by atoms with Gasteiger partial charge in [-0.3, -0.25) is 4.99 Å². The van der Waals surface area contributed by atoms with Gasteiger partial charge in [0.1, 0.15) is 0 Å². The summed E-state index contributed by atoms with van der Waals surface area (Å²) < 4.78 is 0. The van der Waals surface area contributed by atoms with Crippen molar-refractivity contribution < 1.29 is 0 Å². The second kappa shape index (κ2) is 10.8. The van der Waals surface area contributed by atoms with E-state index in [1.54, 1.807) is 0 Å². The normalized spacial score (nSPS) is 16.7. The van der Waals surface area contributed by atoms with E-state index in [0.29, 0.717) is 5.96 Å². The number of benzene rings is 1. The second-order valence-electron chi connectivity index (χ2n) is 5.87. The smallest absolute Gasteiger partial charge is 0.193 e. The quantitative estimate of drug-likeness (QED) is 0.334. The number of nitrogens with one attached hydrogen (secondary N) is 1. The first kappa shape index (κ1) is 19.2. The van der Waals surface area contributed by atoms with Gasteiger partial charge in [-0.1, -0.05) is 25.0 Å². The lowest BCUT2D eigenvalue weighted by atomic mass is 10.2. The number of halogens is 1. The summed E-state index contributed by atoms with van der Waals surface area (Å²) in [6, 6.07) is 8.16. The van der Waals surface area contributed by atoms with E-state index in [-0.39, 0.29) is 24.0 Å². The van der Waals surface area contributed by atoms with Crippen molar-refractivity contribution in [3.63, 3.8) is 0 Å². The first-order valence-electron chi connectivity index (χ1n) is 8.10. The molecule has 0 radical (unpaired) electrons. The van der Waals surface area contributed by atoms with E-state index >= 15 is 0 Å². The first-order valence-corrected chi connectivity index (χ1v) is 8.10. The lowest BCUT2D eigenvalue weighted by Gasteiger charge is -2.18. The molecule has 4 nitrogen and oxygen atoms in total. The van der Waals surface area contributed by atoms with E-state index in [2.05, 4.69) is 34.3 Å². The number of anilines is 1. The van der Waals surface area contributed by atoms with Crippen LogP contribution in [0, 0.1) is 6.92 Å². The van der Waals surface area contributed by atoms with E-state index in [4.69, 9.17) is 5.73 Å². The molecular weight excluding hydrogens is 387 g/mol. The summed E-state index contributed by atoms with van der Waals surface area (Å²) in [4.78, 5) is 6.98. The fourth-order valence-electron chi connectivity index (χ4n) is 2.76. The summed E-state index contributed by atoms with van der Waals surface area (Å²) >= 11 is 0. The van der Waals surface area contributed by atoms with Crippen molar-refractivity contribution in [2.24, 2.45) is 10.7 Å². The Morgan fingerprint density at radius 3 is 2.64 bits per heavy atom. The molecule has 22 heavy (non-hydrogen) atoms. The summed E-state index contributed by atoms with van der Waals surface area (Å²) in [6.45, 7) is 6.50. The Hall–Kier alpha value is -0.820. The van der Waals surface area contributed by atoms with Crippen LogP contribution in [0.2, 0.25) is 0 Å². The van der Waals surface area contributed by atoms with E-state index in [0.717, 1.165) is 25.2 Å². The van der Waals surface area contributed by atoms with E-state index < -0.39 is 0 Å². The van der Waals surface area contributed by atoms with Crippen molar-refractivity contribution in [1.82, 2.24) is 4.90 Å². The van der Waals surface area contributed by atoms with Crippen LogP contribution in [-0.2, 0) is 0 Å². The molecular formula is C17H29IN4. The SMILES string of the molecule is Cc1cccc(NC(N)=NCCCN2CCCCCC2)c1.I. The molecule has 1 aliphatic rings. The molecule has 124 valence electrons. The Bertz CT molecular complexity index is 454. The highest BCUT2D eigenvalue weighted by atomic mass is 127. The van der Waals surface area contributed by atoms with Gasteiger partial charge in [-0.2, -0.15) is 0 Å². The van der Waals surface area contributed by atoms with E-state index in [1.807, 2.05) is 12.1 Å². The molecule has 1 aliphatic heterocycles. The van der Waals surface area contributed by atoms with Crippen LogP contribution in [0.5, 0.6) is 0 Å². The third-order valence-electron chi connectivity index (χ3n) is 3.90. The number of aliphatic imine (C=N–C) groups is 1. The second-order valence-corrected chi connectivity index (χ2v) is 5.87. The van der Waals surface area contributed by atoms with Gasteiger partial charge >= 0.3 is 0 Å². The molecule has 0 spiro atoms. The van der Waals surface area contributed by atoms with Gasteiger partial charge in [-0.15, -0.1) is 24.0 Å². The highest BCUT2D eigenvalue weighted by Gasteiger charge is 2.07. The van der Waals surface area contributed by atoms with Crippen LogP contribution in [0.4, 0.5) is 5.69 Å². The average Bonchev–Trinajstić information content (AvgIpc) is 2.72. The molecule has 1 aromatic rings. The number of likely N-dealkylation sites (tertiary alicyclic amines) is 1. The highest BCUT2D eigenvalue weighted by molar-refractivity contribution is 14.0. The topological polar surface area (TPSA) is 53.6 Å². The molecule has 0 saturated carbocycles. The monoisotopic (exact) mass is 416 g/mol. The number of guanidine groups is 1. The molecule has 0 atom stereocenters. The molecule has 5 heteroatoms. The van der Waals surface area contributed by atoms with Gasteiger partial charge in [0, 0.05) is 12.2 Å². The molecule has 1 fully saturated rings. The predicted molar refractivity (Wildman–Crippen MR) is 106 cm³/mol. The van der Waals surface area contributed by atoms with Crippen molar-refractivity contribution in [3.05, 3.63) is 29.8 Å². The maximum atomic E-state index is 5.93. The Kier molecular flexibility index (Phi) is 9.47. The van der Waals surface area contributed by atoms with Crippen molar-refractivity contribution in [3.8, 4) is 0 Å². The van der Waals surface area contributed by atoms with Gasteiger partial charge < -0.3 is 16.0 Å². The molecule has 0 bridgehead atoms. The number of nitrogens with two attached hydrogens (primary N) is 1. The van der Waals surface area contributed by atoms with Crippen LogP contribution < -0.4 is 11.1 Å². The lowest BCUT2D eigenvalue weighted by Crippen LogP contribution is -2.27. The van der Waals surface area contributed by atoms with Crippen LogP contribution >= 0.6 is 24.0 Å². The summed E-state index contributed by atoms with van der Waals surface area (Å²) in [7, 11) is 0. The Balaban J connectivity index is 0.00000242. The maximum absolute atomic E-state index is 5.93. The van der Waals surface area contributed by atoms with Crippen LogP contribution in [0.1, 0.15) is 37.7 Å². The molecule has 1 heterocycles. The summed E-state index contributed by atoms with van der Waals surface area (Å²) in [5.74, 6) is 0.511. The number of aryl methyl sites for hydroxylation is 1. The molecule has 3 N–H and O–H groups in total. The van der Waals surface area contributed by atoms with Crippen molar-refractivity contribution in [1.29, 1.82) is 0 Å². The molecule has 0 aromatic heterocycles. The first-order chi connectivity index (χ1) is 10.2.